The van der Waals surface area contributed by atoms with E-state index < -0.39 is 5.82 Å². The maximum Gasteiger partial charge on any atom is 0.238 e. The number of carbonyl (C=O) groups excluding carboxylic acids is 2. The quantitative estimate of drug-likeness (QED) is 0.582. The maximum absolute atomic E-state index is 13.5. The normalized spacial score (nSPS) is 25.2. The highest BCUT2D eigenvalue weighted by atomic mass is 79.9. The van der Waals surface area contributed by atoms with Crippen LogP contribution in [-0.2, 0) is 9.59 Å². The van der Waals surface area contributed by atoms with E-state index in [0.717, 1.165) is 0 Å². The molecule has 1 aromatic carbocycles. The molecule has 1 saturated heterocycles. The first-order valence-corrected chi connectivity index (χ1v) is 7.28. The van der Waals surface area contributed by atoms with E-state index in [1.54, 1.807) is 6.92 Å². The highest BCUT2D eigenvalue weighted by Crippen LogP contribution is 2.39. The minimum absolute atomic E-state index is 0.175. The Balaban J connectivity index is 2.05. The van der Waals surface area contributed by atoms with Gasteiger partial charge in [-0.25, -0.2) is 9.29 Å². The first-order valence-electron chi connectivity index (χ1n) is 6.49. The third kappa shape index (κ3) is 1.92. The van der Waals surface area contributed by atoms with Gasteiger partial charge in [-0.3, -0.25) is 9.59 Å². The van der Waals surface area contributed by atoms with Crippen molar-refractivity contribution in [3.63, 3.8) is 0 Å². The van der Waals surface area contributed by atoms with Crippen molar-refractivity contribution in [2.75, 3.05) is 4.90 Å². The molecule has 0 N–H and O–H groups in total. The molecule has 0 saturated carbocycles. The van der Waals surface area contributed by atoms with Crippen molar-refractivity contribution in [3.05, 3.63) is 40.1 Å². The molecule has 1 heterocycles. The number of allylic oxidation sites excluding steroid dienone is 2. The summed E-state index contributed by atoms with van der Waals surface area (Å²) in [7, 11) is 0. The van der Waals surface area contributed by atoms with Crippen LogP contribution in [0.25, 0.3) is 0 Å². The van der Waals surface area contributed by atoms with Gasteiger partial charge in [0.05, 0.1) is 22.0 Å². The van der Waals surface area contributed by atoms with Crippen LogP contribution in [-0.4, -0.2) is 11.8 Å². The van der Waals surface area contributed by atoms with Gasteiger partial charge in [0.2, 0.25) is 11.8 Å². The largest absolute Gasteiger partial charge is 0.274 e. The predicted octanol–water partition coefficient (Wildman–Crippen LogP) is 3.35. The van der Waals surface area contributed by atoms with Crippen LogP contribution in [0.15, 0.2) is 28.8 Å². The molecule has 0 radical (unpaired) electrons. The monoisotopic (exact) mass is 337 g/mol. The molecule has 0 bridgehead atoms. The number of imide groups is 1. The van der Waals surface area contributed by atoms with Gasteiger partial charge in [0.25, 0.3) is 0 Å². The van der Waals surface area contributed by atoms with Crippen LogP contribution in [0.3, 0.4) is 0 Å². The third-order valence-electron chi connectivity index (χ3n) is 3.99. The van der Waals surface area contributed by atoms with Gasteiger partial charge in [0, 0.05) is 0 Å². The lowest BCUT2D eigenvalue weighted by atomic mass is 9.85. The second kappa shape index (κ2) is 4.81. The molecule has 1 fully saturated rings. The zero-order valence-electron chi connectivity index (χ0n) is 10.9. The van der Waals surface area contributed by atoms with Gasteiger partial charge < -0.3 is 0 Å². The average Bonchev–Trinajstić information content (AvgIpc) is 2.68. The Hall–Kier alpha value is -1.49. The maximum atomic E-state index is 13.5. The van der Waals surface area contributed by atoms with Crippen LogP contribution in [0.4, 0.5) is 10.1 Å². The molecule has 5 heteroatoms. The van der Waals surface area contributed by atoms with E-state index in [9.17, 15) is 14.0 Å². The zero-order valence-corrected chi connectivity index (χ0v) is 12.5. The lowest BCUT2D eigenvalue weighted by Gasteiger charge is -2.18. The summed E-state index contributed by atoms with van der Waals surface area (Å²) in [5.41, 5.74) is 1.06. The SMILES string of the molecule is Cc1cc(F)c(Br)cc1N1C(=O)[C@H]2CC=CC[C@H]2C1=O. The number of nitrogens with zero attached hydrogens (tertiary/aromatic N) is 1. The first-order chi connectivity index (χ1) is 9.50. The lowest BCUT2D eigenvalue weighted by molar-refractivity contribution is -0.122. The summed E-state index contributed by atoms with van der Waals surface area (Å²) in [6.45, 7) is 1.70. The number of hydrogen-bond donors (Lipinski definition) is 0. The van der Waals surface area contributed by atoms with Crippen LogP contribution >= 0.6 is 15.9 Å². The number of hydrogen-bond acceptors (Lipinski definition) is 2. The Labute approximate surface area is 124 Å². The lowest BCUT2D eigenvalue weighted by Crippen LogP contribution is -2.31. The van der Waals surface area contributed by atoms with E-state index in [0.29, 0.717) is 24.1 Å². The summed E-state index contributed by atoms with van der Waals surface area (Å²) >= 11 is 3.11. The molecule has 3 rings (SSSR count). The minimum atomic E-state index is -0.399. The fourth-order valence-electron chi connectivity index (χ4n) is 2.91. The zero-order chi connectivity index (χ0) is 14.4. The Morgan fingerprint density at radius 1 is 1.15 bits per heavy atom. The molecule has 104 valence electrons. The molecule has 0 unspecified atom stereocenters. The highest BCUT2D eigenvalue weighted by molar-refractivity contribution is 9.10. The fourth-order valence-corrected chi connectivity index (χ4v) is 3.25. The van der Waals surface area contributed by atoms with E-state index in [1.165, 1.54) is 17.0 Å². The number of rotatable bonds is 1. The van der Waals surface area contributed by atoms with E-state index >= 15 is 0 Å². The van der Waals surface area contributed by atoms with Crippen LogP contribution < -0.4 is 4.90 Å². The van der Waals surface area contributed by atoms with Gasteiger partial charge >= 0.3 is 0 Å². The van der Waals surface area contributed by atoms with Crippen molar-refractivity contribution < 1.29 is 14.0 Å². The Morgan fingerprint density at radius 3 is 2.25 bits per heavy atom. The van der Waals surface area contributed by atoms with Gasteiger partial charge in [-0.2, -0.15) is 0 Å². The second-order valence-electron chi connectivity index (χ2n) is 5.22. The number of aryl methyl sites for hydroxylation is 1. The Kier molecular flexibility index (Phi) is 3.24. The van der Waals surface area contributed by atoms with Crippen molar-refractivity contribution in [1.29, 1.82) is 0 Å². The molecular formula is C15H13BrFNO2. The van der Waals surface area contributed by atoms with Gasteiger partial charge in [0.15, 0.2) is 0 Å². The van der Waals surface area contributed by atoms with Crippen LogP contribution in [0.5, 0.6) is 0 Å². The predicted molar refractivity (Wildman–Crippen MR) is 76.7 cm³/mol. The summed E-state index contributed by atoms with van der Waals surface area (Å²) in [6.07, 6.45) is 5.10. The van der Waals surface area contributed by atoms with Crippen molar-refractivity contribution in [3.8, 4) is 0 Å². The van der Waals surface area contributed by atoms with E-state index in [-0.39, 0.29) is 28.1 Å². The number of benzene rings is 1. The Bertz CT molecular complexity index is 615. The van der Waals surface area contributed by atoms with Crippen LogP contribution in [0.2, 0.25) is 0 Å². The molecule has 1 aromatic rings. The molecule has 2 atom stereocenters. The summed E-state index contributed by atoms with van der Waals surface area (Å²) in [5.74, 6) is -1.28. The smallest absolute Gasteiger partial charge is 0.238 e. The molecule has 2 amide bonds. The topological polar surface area (TPSA) is 37.4 Å². The molecule has 2 aliphatic rings. The third-order valence-corrected chi connectivity index (χ3v) is 4.60. The molecule has 0 spiro atoms. The standard InChI is InChI=1S/C15H13BrFNO2/c1-8-6-12(17)11(16)7-13(8)18-14(19)9-4-2-3-5-10(9)15(18)20/h2-3,6-7,9-10H,4-5H2,1H3/t9-,10+. The molecule has 3 nitrogen and oxygen atoms in total. The number of amides is 2. The fraction of sp³-hybridized carbons (Fsp3) is 0.333. The number of halogens is 2. The van der Waals surface area contributed by atoms with Crippen molar-refractivity contribution in [2.45, 2.75) is 19.8 Å². The van der Waals surface area contributed by atoms with E-state index in [4.69, 9.17) is 0 Å². The summed E-state index contributed by atoms with van der Waals surface area (Å²) in [5, 5.41) is 0. The van der Waals surface area contributed by atoms with Crippen molar-refractivity contribution >= 4 is 33.4 Å². The summed E-state index contributed by atoms with van der Waals surface area (Å²) in [6, 6.07) is 2.84. The number of anilines is 1. The average molecular weight is 338 g/mol. The molecule has 1 aliphatic carbocycles. The van der Waals surface area contributed by atoms with Gasteiger partial charge in [-0.05, 0) is 53.4 Å². The van der Waals surface area contributed by atoms with Gasteiger partial charge in [-0.15, -0.1) is 0 Å². The number of fused-ring (bicyclic) bond motifs is 1. The van der Waals surface area contributed by atoms with Crippen LogP contribution in [0.1, 0.15) is 18.4 Å². The summed E-state index contributed by atoms with van der Waals surface area (Å²) in [4.78, 5) is 26.1. The Morgan fingerprint density at radius 2 is 1.70 bits per heavy atom. The van der Waals surface area contributed by atoms with E-state index in [1.807, 2.05) is 12.2 Å². The molecule has 1 aliphatic heterocycles. The van der Waals surface area contributed by atoms with Gasteiger partial charge in [0.1, 0.15) is 5.82 Å². The first kappa shape index (κ1) is 13.5. The molecular weight excluding hydrogens is 325 g/mol. The minimum Gasteiger partial charge on any atom is -0.274 e. The molecule has 20 heavy (non-hydrogen) atoms. The second-order valence-corrected chi connectivity index (χ2v) is 6.07. The highest BCUT2D eigenvalue weighted by Gasteiger charge is 2.48. The van der Waals surface area contributed by atoms with Crippen molar-refractivity contribution in [1.82, 2.24) is 0 Å². The van der Waals surface area contributed by atoms with Crippen molar-refractivity contribution in [2.24, 2.45) is 11.8 Å². The molecule has 0 aromatic heterocycles. The number of carbonyl (C=O) groups is 2. The summed E-state index contributed by atoms with van der Waals surface area (Å²) < 4.78 is 13.7. The van der Waals surface area contributed by atoms with Crippen LogP contribution in [0, 0.1) is 24.6 Å². The van der Waals surface area contributed by atoms with Gasteiger partial charge in [-0.1, -0.05) is 12.2 Å². The van der Waals surface area contributed by atoms with E-state index in [2.05, 4.69) is 15.9 Å².